The van der Waals surface area contributed by atoms with Crippen LogP contribution in [0.5, 0.6) is 0 Å². The Morgan fingerprint density at radius 2 is 1.76 bits per heavy atom. The number of benzene rings is 2. The molecule has 0 atom stereocenters. The molecular weight excluding hydrogens is 262 g/mol. The van der Waals surface area contributed by atoms with Gasteiger partial charge in [-0.15, -0.1) is 0 Å². The van der Waals surface area contributed by atoms with Gasteiger partial charge in [-0.3, -0.25) is 0 Å². The molecule has 0 radical (unpaired) electrons. The van der Waals surface area contributed by atoms with Gasteiger partial charge in [0.2, 0.25) is 0 Å². The number of fused-ring (bicyclic) bond motifs is 1. The fourth-order valence-corrected chi connectivity index (χ4v) is 2.43. The molecule has 0 saturated carbocycles. The number of aliphatic hydroxyl groups excluding tert-OH is 2. The summed E-state index contributed by atoms with van der Waals surface area (Å²) >= 11 is 0. The summed E-state index contributed by atoms with van der Waals surface area (Å²) in [5.74, 6) is 0. The minimum atomic E-state index is -0.0635. The molecule has 21 heavy (non-hydrogen) atoms. The third-order valence-electron chi connectivity index (χ3n) is 3.42. The molecule has 2 rings (SSSR count). The van der Waals surface area contributed by atoms with Gasteiger partial charge < -0.3 is 15.9 Å². The molecule has 0 aliphatic carbocycles. The predicted octanol–water partition coefficient (Wildman–Crippen LogP) is 2.87. The van der Waals surface area contributed by atoms with Crippen molar-refractivity contribution < 1.29 is 10.2 Å². The highest BCUT2D eigenvalue weighted by Gasteiger charge is 2.10. The van der Waals surface area contributed by atoms with Crippen molar-refractivity contribution in [3.05, 3.63) is 78.0 Å². The Labute approximate surface area is 124 Å². The summed E-state index contributed by atoms with van der Waals surface area (Å²) in [6.07, 6.45) is 6.89. The minimum absolute atomic E-state index is 0.0635. The van der Waals surface area contributed by atoms with Crippen molar-refractivity contribution in [1.82, 2.24) is 0 Å². The zero-order chi connectivity index (χ0) is 15.2. The van der Waals surface area contributed by atoms with Gasteiger partial charge in [-0.2, -0.15) is 0 Å². The molecule has 0 bridgehead atoms. The van der Waals surface area contributed by atoms with E-state index >= 15 is 0 Å². The van der Waals surface area contributed by atoms with E-state index in [0.717, 1.165) is 33.0 Å². The lowest BCUT2D eigenvalue weighted by molar-refractivity contribution is 0.279. The van der Waals surface area contributed by atoms with E-state index < -0.39 is 0 Å². The van der Waals surface area contributed by atoms with E-state index in [0.29, 0.717) is 0 Å². The molecule has 2 aromatic rings. The molecule has 0 amide bonds. The SMILES string of the molecule is C=C(/C=C\C=C/N)c1ccc(CO)c2c(CO)cccc12. The molecule has 0 heterocycles. The number of hydrogen-bond acceptors (Lipinski definition) is 3. The van der Waals surface area contributed by atoms with Crippen LogP contribution in [-0.4, -0.2) is 10.2 Å². The maximum Gasteiger partial charge on any atom is 0.0688 e. The molecule has 4 N–H and O–H groups in total. The topological polar surface area (TPSA) is 66.5 Å². The summed E-state index contributed by atoms with van der Waals surface area (Å²) in [6.45, 7) is 3.94. The van der Waals surface area contributed by atoms with Crippen LogP contribution in [0.2, 0.25) is 0 Å². The average Bonchev–Trinajstić information content (AvgIpc) is 2.53. The third kappa shape index (κ3) is 3.05. The quantitative estimate of drug-likeness (QED) is 0.738. The highest BCUT2D eigenvalue weighted by molar-refractivity contribution is 5.99. The lowest BCUT2D eigenvalue weighted by Gasteiger charge is -2.13. The van der Waals surface area contributed by atoms with Crippen LogP contribution in [0.3, 0.4) is 0 Å². The van der Waals surface area contributed by atoms with Crippen LogP contribution in [0.25, 0.3) is 16.3 Å². The Hall–Kier alpha value is -2.36. The Kier molecular flexibility index (Phi) is 4.93. The van der Waals surface area contributed by atoms with Gasteiger partial charge in [0.25, 0.3) is 0 Å². The van der Waals surface area contributed by atoms with Crippen LogP contribution in [0, 0.1) is 0 Å². The fourth-order valence-electron chi connectivity index (χ4n) is 2.43. The highest BCUT2D eigenvalue weighted by atomic mass is 16.3. The molecule has 0 saturated heterocycles. The Balaban J connectivity index is 2.64. The normalized spacial score (nSPS) is 11.7. The van der Waals surface area contributed by atoms with Gasteiger partial charge in [0.15, 0.2) is 0 Å². The maximum absolute atomic E-state index is 9.52. The molecule has 0 unspecified atom stereocenters. The third-order valence-corrected chi connectivity index (χ3v) is 3.42. The van der Waals surface area contributed by atoms with Crippen molar-refractivity contribution in [2.45, 2.75) is 13.2 Å². The zero-order valence-electron chi connectivity index (χ0n) is 11.8. The van der Waals surface area contributed by atoms with Crippen LogP contribution in [0.1, 0.15) is 16.7 Å². The standard InChI is InChI=1S/C18H19NO2/c1-13(5-2-3-10-19)16-9-8-15(12-21)18-14(11-20)6-4-7-17(16)18/h2-10,20-21H,1,11-12,19H2/b5-2-,10-3-. The first kappa shape index (κ1) is 15.0. The summed E-state index contributed by atoms with van der Waals surface area (Å²) in [5.41, 5.74) is 8.72. The smallest absolute Gasteiger partial charge is 0.0688 e. The van der Waals surface area contributed by atoms with Gasteiger partial charge in [0.05, 0.1) is 13.2 Å². The number of aliphatic hydroxyl groups is 2. The zero-order valence-corrected chi connectivity index (χ0v) is 11.8. The van der Waals surface area contributed by atoms with Gasteiger partial charge in [-0.25, -0.2) is 0 Å². The highest BCUT2D eigenvalue weighted by Crippen LogP contribution is 2.30. The van der Waals surface area contributed by atoms with Gasteiger partial charge in [0, 0.05) is 0 Å². The van der Waals surface area contributed by atoms with Crippen LogP contribution in [-0.2, 0) is 13.2 Å². The van der Waals surface area contributed by atoms with Gasteiger partial charge in [-0.05, 0) is 45.3 Å². The van der Waals surface area contributed by atoms with Crippen molar-refractivity contribution >= 4 is 16.3 Å². The van der Waals surface area contributed by atoms with E-state index in [1.165, 1.54) is 6.20 Å². The Morgan fingerprint density at radius 1 is 1.05 bits per heavy atom. The number of rotatable bonds is 5. The van der Waals surface area contributed by atoms with Crippen LogP contribution >= 0.6 is 0 Å². The van der Waals surface area contributed by atoms with E-state index in [-0.39, 0.29) is 13.2 Å². The molecule has 0 aliphatic heterocycles. The average molecular weight is 281 g/mol. The molecule has 0 aromatic heterocycles. The van der Waals surface area contributed by atoms with Crippen LogP contribution in [0.4, 0.5) is 0 Å². The first-order valence-electron chi connectivity index (χ1n) is 6.72. The lowest BCUT2D eigenvalue weighted by Crippen LogP contribution is -1.95. The van der Waals surface area contributed by atoms with Crippen molar-refractivity contribution in [2.75, 3.05) is 0 Å². The van der Waals surface area contributed by atoms with Gasteiger partial charge in [-0.1, -0.05) is 49.1 Å². The van der Waals surface area contributed by atoms with Crippen LogP contribution < -0.4 is 5.73 Å². The second kappa shape index (κ2) is 6.88. The van der Waals surface area contributed by atoms with E-state index in [2.05, 4.69) is 6.58 Å². The lowest BCUT2D eigenvalue weighted by atomic mass is 9.93. The molecule has 108 valence electrons. The summed E-state index contributed by atoms with van der Waals surface area (Å²) in [4.78, 5) is 0. The first-order valence-corrected chi connectivity index (χ1v) is 6.72. The molecule has 2 aromatic carbocycles. The molecule has 0 aliphatic rings. The summed E-state index contributed by atoms with van der Waals surface area (Å²) in [6, 6.07) is 9.54. The molecule has 3 heteroatoms. The van der Waals surface area contributed by atoms with Crippen molar-refractivity contribution in [2.24, 2.45) is 5.73 Å². The minimum Gasteiger partial charge on any atom is -0.405 e. The Morgan fingerprint density at radius 3 is 2.43 bits per heavy atom. The molecule has 0 fully saturated rings. The van der Waals surface area contributed by atoms with Gasteiger partial charge in [0.1, 0.15) is 0 Å². The van der Waals surface area contributed by atoms with Crippen molar-refractivity contribution in [3.63, 3.8) is 0 Å². The van der Waals surface area contributed by atoms with Gasteiger partial charge >= 0.3 is 0 Å². The molecular formula is C18H19NO2. The molecule has 0 spiro atoms. The van der Waals surface area contributed by atoms with E-state index in [9.17, 15) is 10.2 Å². The maximum atomic E-state index is 9.52. The summed E-state index contributed by atoms with van der Waals surface area (Å²) in [7, 11) is 0. The molecule has 3 nitrogen and oxygen atoms in total. The van der Waals surface area contributed by atoms with Crippen LogP contribution in [0.15, 0.2) is 61.3 Å². The second-order valence-electron chi connectivity index (χ2n) is 4.70. The van der Waals surface area contributed by atoms with E-state index in [4.69, 9.17) is 5.73 Å². The Bertz CT molecular complexity index is 704. The van der Waals surface area contributed by atoms with E-state index in [1.54, 1.807) is 6.08 Å². The number of nitrogens with two attached hydrogens (primary N) is 1. The first-order chi connectivity index (χ1) is 10.2. The largest absolute Gasteiger partial charge is 0.405 e. The predicted molar refractivity (Wildman–Crippen MR) is 87.3 cm³/mol. The summed E-state index contributed by atoms with van der Waals surface area (Å²) in [5, 5.41) is 20.9. The monoisotopic (exact) mass is 281 g/mol. The van der Waals surface area contributed by atoms with Crippen molar-refractivity contribution in [3.8, 4) is 0 Å². The number of hydrogen-bond donors (Lipinski definition) is 3. The van der Waals surface area contributed by atoms with E-state index in [1.807, 2.05) is 42.5 Å². The summed E-state index contributed by atoms with van der Waals surface area (Å²) < 4.78 is 0. The second-order valence-corrected chi connectivity index (χ2v) is 4.70. The number of allylic oxidation sites excluding steroid dienone is 4. The van der Waals surface area contributed by atoms with Crippen molar-refractivity contribution in [1.29, 1.82) is 0 Å². The fraction of sp³-hybridized carbons (Fsp3) is 0.111.